The number of pyridine rings is 1. The lowest BCUT2D eigenvalue weighted by Gasteiger charge is -2.35. The number of hydrogen-bond donors (Lipinski definition) is 1. The number of aromatic nitrogens is 3. The van der Waals surface area contributed by atoms with Crippen LogP contribution in [0.3, 0.4) is 0 Å². The first-order valence-electron chi connectivity index (χ1n) is 13.5. The molecule has 4 aromatic rings. The topological polar surface area (TPSA) is 104 Å². The van der Waals surface area contributed by atoms with Crippen molar-refractivity contribution >= 4 is 58.3 Å². The van der Waals surface area contributed by atoms with Gasteiger partial charge in [-0.3, -0.25) is 14.7 Å². The van der Waals surface area contributed by atoms with E-state index < -0.39 is 11.7 Å². The molecule has 10 nitrogen and oxygen atoms in total. The number of benzene rings is 2. The van der Waals surface area contributed by atoms with E-state index in [9.17, 15) is 9.59 Å². The van der Waals surface area contributed by atoms with Crippen LogP contribution in [-0.4, -0.2) is 58.2 Å². The van der Waals surface area contributed by atoms with Crippen molar-refractivity contribution in [3.05, 3.63) is 88.3 Å². The maximum atomic E-state index is 13.4. The van der Waals surface area contributed by atoms with Crippen LogP contribution in [0.2, 0.25) is 10.0 Å². The van der Waals surface area contributed by atoms with Gasteiger partial charge in [0.25, 0.3) is 5.91 Å². The number of rotatable bonds is 6. The Morgan fingerprint density at radius 1 is 1.07 bits per heavy atom. The summed E-state index contributed by atoms with van der Waals surface area (Å²) in [5.41, 5.74) is 3.54. The van der Waals surface area contributed by atoms with Crippen molar-refractivity contribution in [3.8, 4) is 11.1 Å². The highest BCUT2D eigenvalue weighted by atomic mass is 35.5. The lowest BCUT2D eigenvalue weighted by molar-refractivity contribution is 0.0285. The van der Waals surface area contributed by atoms with Gasteiger partial charge in [0.1, 0.15) is 17.0 Å². The minimum atomic E-state index is -0.615. The van der Waals surface area contributed by atoms with Crippen LogP contribution in [0, 0.1) is 0 Å². The molecular weight excluding hydrogens is 589 g/mol. The molecule has 3 heterocycles. The molecule has 5 rings (SSSR count). The van der Waals surface area contributed by atoms with Crippen LogP contribution in [0.25, 0.3) is 11.1 Å². The maximum absolute atomic E-state index is 13.4. The number of anilines is 4. The van der Waals surface area contributed by atoms with Gasteiger partial charge in [0.15, 0.2) is 0 Å². The average molecular weight is 621 g/mol. The number of carbonyl (C=O) groups excluding carboxylic acids is 2. The number of ether oxygens (including phenoxy) is 1. The molecule has 1 aliphatic rings. The molecule has 0 radical (unpaired) electrons. The molecule has 0 spiro atoms. The lowest BCUT2D eigenvalue weighted by Crippen LogP contribution is -2.46. The summed E-state index contributed by atoms with van der Waals surface area (Å²) in [6.07, 6.45) is 4.55. The first-order valence-corrected chi connectivity index (χ1v) is 14.3. The summed E-state index contributed by atoms with van der Waals surface area (Å²) in [6.45, 7) is 5.98. The third-order valence-electron chi connectivity index (χ3n) is 6.61. The SMILES string of the molecule is CN(Cc1cc(Nc2ncc3c(n2)N(C)CN(c2c(Cl)cccc2Cl)C3=O)ccc1-c1cccnc1)C(=O)OC(C)(C)C. The number of hydrogen-bond acceptors (Lipinski definition) is 8. The van der Waals surface area contributed by atoms with Gasteiger partial charge in [0.2, 0.25) is 5.95 Å². The van der Waals surface area contributed by atoms with Gasteiger partial charge in [-0.2, -0.15) is 4.98 Å². The highest BCUT2D eigenvalue weighted by molar-refractivity contribution is 6.40. The van der Waals surface area contributed by atoms with E-state index in [1.807, 2.05) is 63.1 Å². The van der Waals surface area contributed by atoms with Crippen LogP contribution in [-0.2, 0) is 11.3 Å². The average Bonchev–Trinajstić information content (AvgIpc) is 2.95. The second-order valence-corrected chi connectivity index (χ2v) is 12.0. The monoisotopic (exact) mass is 619 g/mol. The molecule has 2 aromatic heterocycles. The minimum Gasteiger partial charge on any atom is -0.444 e. The van der Waals surface area contributed by atoms with Gasteiger partial charge in [0.05, 0.1) is 22.4 Å². The Balaban J connectivity index is 1.43. The molecule has 0 saturated carbocycles. The van der Waals surface area contributed by atoms with Crippen molar-refractivity contribution in [1.82, 2.24) is 19.9 Å². The summed E-state index contributed by atoms with van der Waals surface area (Å²) in [6, 6.07) is 14.7. The molecule has 0 atom stereocenters. The van der Waals surface area contributed by atoms with Crippen LogP contribution >= 0.6 is 23.2 Å². The van der Waals surface area contributed by atoms with Crippen molar-refractivity contribution in [1.29, 1.82) is 0 Å². The predicted octanol–water partition coefficient (Wildman–Crippen LogP) is 7.01. The van der Waals surface area contributed by atoms with E-state index in [0.717, 1.165) is 16.7 Å². The summed E-state index contributed by atoms with van der Waals surface area (Å²) in [7, 11) is 3.52. The zero-order valence-electron chi connectivity index (χ0n) is 24.4. The Bertz CT molecular complexity index is 1660. The molecule has 222 valence electrons. The molecule has 0 aliphatic carbocycles. The van der Waals surface area contributed by atoms with Crippen molar-refractivity contribution in [2.75, 3.05) is 35.9 Å². The van der Waals surface area contributed by atoms with Gasteiger partial charge < -0.3 is 19.9 Å². The second kappa shape index (κ2) is 12.1. The van der Waals surface area contributed by atoms with E-state index in [-0.39, 0.29) is 19.1 Å². The molecule has 43 heavy (non-hydrogen) atoms. The van der Waals surface area contributed by atoms with Crippen LogP contribution in [0.1, 0.15) is 36.7 Å². The zero-order chi connectivity index (χ0) is 30.9. The quantitative estimate of drug-likeness (QED) is 0.246. The molecular formula is C31H31Cl2N7O3. The Labute approximate surface area is 260 Å². The number of para-hydroxylation sites is 1. The number of nitrogens with zero attached hydrogens (tertiary/aromatic N) is 6. The van der Waals surface area contributed by atoms with E-state index in [1.54, 1.807) is 37.6 Å². The number of halogens is 2. The normalized spacial score (nSPS) is 13.0. The third kappa shape index (κ3) is 6.65. The molecule has 0 bridgehead atoms. The van der Waals surface area contributed by atoms with Crippen molar-refractivity contribution in [3.63, 3.8) is 0 Å². The molecule has 0 saturated heterocycles. The van der Waals surface area contributed by atoms with Gasteiger partial charge in [-0.05, 0) is 62.2 Å². The molecule has 2 amide bonds. The third-order valence-corrected chi connectivity index (χ3v) is 7.22. The first-order chi connectivity index (χ1) is 20.4. The van der Waals surface area contributed by atoms with Crippen LogP contribution in [0.4, 0.5) is 27.9 Å². The number of fused-ring (bicyclic) bond motifs is 1. The van der Waals surface area contributed by atoms with Crippen molar-refractivity contribution < 1.29 is 14.3 Å². The van der Waals surface area contributed by atoms with Crippen LogP contribution in [0.15, 0.2) is 67.1 Å². The summed E-state index contributed by atoms with van der Waals surface area (Å²) >= 11 is 12.8. The molecule has 12 heteroatoms. The number of amides is 2. The molecule has 0 fully saturated rings. The predicted molar refractivity (Wildman–Crippen MR) is 169 cm³/mol. The van der Waals surface area contributed by atoms with Crippen molar-refractivity contribution in [2.24, 2.45) is 0 Å². The van der Waals surface area contributed by atoms with E-state index in [1.165, 1.54) is 16.0 Å². The fraction of sp³-hybridized carbons (Fsp3) is 0.258. The van der Waals surface area contributed by atoms with Crippen LogP contribution in [0.5, 0.6) is 0 Å². The van der Waals surface area contributed by atoms with E-state index >= 15 is 0 Å². The van der Waals surface area contributed by atoms with Gasteiger partial charge in [0, 0.05) is 50.5 Å². The summed E-state index contributed by atoms with van der Waals surface area (Å²) in [5.74, 6) is 0.477. The Hall–Kier alpha value is -4.41. The van der Waals surface area contributed by atoms with E-state index in [0.29, 0.717) is 38.7 Å². The molecule has 0 unspecified atom stereocenters. The summed E-state index contributed by atoms with van der Waals surface area (Å²) < 4.78 is 5.55. The van der Waals surface area contributed by atoms with Crippen LogP contribution < -0.4 is 15.1 Å². The zero-order valence-corrected chi connectivity index (χ0v) is 25.9. The minimum absolute atomic E-state index is 0.201. The van der Waals surface area contributed by atoms with Gasteiger partial charge in [-0.1, -0.05) is 41.4 Å². The first kappa shape index (κ1) is 30.1. The lowest BCUT2D eigenvalue weighted by atomic mass is 10.00. The summed E-state index contributed by atoms with van der Waals surface area (Å²) in [5, 5.41) is 3.99. The Morgan fingerprint density at radius 2 is 1.81 bits per heavy atom. The standard InChI is InChI=1S/C31H31Cl2N7O3/c1-31(2,3)43-30(42)38(4)17-20-14-21(11-12-22(20)19-8-7-13-34-15-19)36-29-35-16-23-27(37-29)39(5)18-40(28(23)41)26-24(32)9-6-10-25(26)33/h6-16H,17-18H2,1-5H3,(H,35,36,37). The molecule has 2 aromatic carbocycles. The smallest absolute Gasteiger partial charge is 0.410 e. The van der Waals surface area contributed by atoms with E-state index in [2.05, 4.69) is 20.3 Å². The highest BCUT2D eigenvalue weighted by Crippen LogP contribution is 2.38. The second-order valence-electron chi connectivity index (χ2n) is 11.1. The largest absolute Gasteiger partial charge is 0.444 e. The number of carbonyl (C=O) groups is 2. The van der Waals surface area contributed by atoms with Crippen molar-refractivity contribution in [2.45, 2.75) is 32.9 Å². The fourth-order valence-electron chi connectivity index (χ4n) is 4.68. The van der Waals surface area contributed by atoms with Gasteiger partial charge in [-0.15, -0.1) is 0 Å². The fourth-order valence-corrected chi connectivity index (χ4v) is 5.28. The molecule has 1 aliphatic heterocycles. The highest BCUT2D eigenvalue weighted by Gasteiger charge is 2.32. The van der Waals surface area contributed by atoms with Gasteiger partial charge >= 0.3 is 6.09 Å². The maximum Gasteiger partial charge on any atom is 0.410 e. The summed E-state index contributed by atoms with van der Waals surface area (Å²) in [4.78, 5) is 44.4. The Morgan fingerprint density at radius 3 is 2.49 bits per heavy atom. The Kier molecular flexibility index (Phi) is 8.43. The molecule has 1 N–H and O–H groups in total. The number of nitrogens with one attached hydrogen (secondary N) is 1. The van der Waals surface area contributed by atoms with Gasteiger partial charge in [-0.25, -0.2) is 9.78 Å². The van der Waals surface area contributed by atoms with E-state index in [4.69, 9.17) is 27.9 Å².